The molecule has 1 aliphatic carbocycles. The number of carbonyl (C=O) groups is 2. The molecule has 0 aliphatic heterocycles. The number of phosphoric ester groups is 1. The summed E-state index contributed by atoms with van der Waals surface area (Å²) < 4.78 is 33.2. The van der Waals surface area contributed by atoms with E-state index in [1.807, 2.05) is 6.08 Å². The van der Waals surface area contributed by atoms with Crippen LogP contribution < -0.4 is 5.73 Å². The molecule has 0 radical (unpaired) electrons. The van der Waals surface area contributed by atoms with Gasteiger partial charge in [0.25, 0.3) is 0 Å². The Morgan fingerprint density at radius 1 is 0.836 bits per heavy atom. The molecule has 1 unspecified atom stereocenters. The van der Waals surface area contributed by atoms with Crippen LogP contribution in [0.1, 0.15) is 168 Å². The van der Waals surface area contributed by atoms with Crippen molar-refractivity contribution in [2.75, 3.05) is 26.4 Å². The van der Waals surface area contributed by atoms with Gasteiger partial charge in [0.1, 0.15) is 12.4 Å². The van der Waals surface area contributed by atoms with Gasteiger partial charge in [0, 0.05) is 25.3 Å². The molecule has 1 saturated carbocycles. The third-order valence-electron chi connectivity index (χ3n) is 10.0. The fourth-order valence-electron chi connectivity index (χ4n) is 6.70. The quantitative estimate of drug-likeness (QED) is 0.0155. The van der Waals surface area contributed by atoms with Crippen LogP contribution in [0.25, 0.3) is 0 Å². The Bertz CT molecular complexity index is 1100. The second kappa shape index (κ2) is 34.2. The van der Waals surface area contributed by atoms with Crippen LogP contribution in [0.15, 0.2) is 36.6 Å². The van der Waals surface area contributed by atoms with E-state index >= 15 is 0 Å². The summed E-state index contributed by atoms with van der Waals surface area (Å²) in [4.78, 5) is 34.9. The fourth-order valence-corrected chi connectivity index (χ4v) is 7.47. The van der Waals surface area contributed by atoms with E-state index in [9.17, 15) is 29.3 Å². The Morgan fingerprint density at radius 3 is 2.11 bits per heavy atom. The minimum absolute atomic E-state index is 0.0219. The van der Waals surface area contributed by atoms with Crippen molar-refractivity contribution in [2.45, 2.75) is 186 Å². The highest BCUT2D eigenvalue weighted by atomic mass is 31.2. The van der Waals surface area contributed by atoms with Gasteiger partial charge in [-0.05, 0) is 69.8 Å². The molecule has 1 rings (SSSR count). The second-order valence-electron chi connectivity index (χ2n) is 15.0. The number of hydrogen-bond acceptors (Lipinski definition) is 10. The normalized spacial score (nSPS) is 19.8. The van der Waals surface area contributed by atoms with E-state index in [1.54, 1.807) is 12.2 Å². The Balaban J connectivity index is 2.35. The van der Waals surface area contributed by atoms with Crippen LogP contribution in [-0.2, 0) is 32.7 Å². The van der Waals surface area contributed by atoms with E-state index in [1.165, 1.54) is 70.5 Å². The molecule has 1 fully saturated rings. The molecule has 1 aliphatic rings. The van der Waals surface area contributed by atoms with E-state index in [0.29, 0.717) is 19.3 Å². The lowest BCUT2D eigenvalue weighted by molar-refractivity contribution is -0.147. The van der Waals surface area contributed by atoms with Crippen molar-refractivity contribution in [3.8, 4) is 0 Å². The molecule has 11 nitrogen and oxygen atoms in total. The van der Waals surface area contributed by atoms with Gasteiger partial charge in [-0.2, -0.15) is 0 Å². The molecule has 320 valence electrons. The monoisotopic (exact) mass is 800 g/mol. The number of rotatable bonds is 37. The summed E-state index contributed by atoms with van der Waals surface area (Å²) in [6, 6.07) is 0. The SMILES string of the molecule is CCCCCC/C=C\CCCCCCCC/C=C/O[C@H](COC(=O)CCCCCC[C@H]1[C@@H](O)CC(=O)[C@@H]1/C=C/[C@@H](O)CCCCC)COP(=O)(O)OCCN. The van der Waals surface area contributed by atoms with Gasteiger partial charge in [-0.1, -0.05) is 122 Å². The summed E-state index contributed by atoms with van der Waals surface area (Å²) >= 11 is 0. The predicted molar refractivity (Wildman–Crippen MR) is 220 cm³/mol. The molecule has 0 amide bonds. The summed E-state index contributed by atoms with van der Waals surface area (Å²) in [5.74, 6) is -0.901. The number of allylic oxidation sites excluding steroid dienone is 4. The number of aliphatic hydroxyl groups excluding tert-OH is 2. The zero-order valence-electron chi connectivity index (χ0n) is 34.4. The number of hydrogen-bond donors (Lipinski definition) is 4. The van der Waals surface area contributed by atoms with Gasteiger partial charge < -0.3 is 30.3 Å². The second-order valence-corrected chi connectivity index (χ2v) is 16.5. The van der Waals surface area contributed by atoms with Crippen LogP contribution in [0.3, 0.4) is 0 Å². The van der Waals surface area contributed by atoms with Crippen molar-refractivity contribution in [1.82, 2.24) is 0 Å². The molecule has 6 atom stereocenters. The third-order valence-corrected chi connectivity index (χ3v) is 11.0. The highest BCUT2D eigenvalue weighted by Gasteiger charge is 2.39. The van der Waals surface area contributed by atoms with E-state index < -0.39 is 32.1 Å². The highest BCUT2D eigenvalue weighted by Crippen LogP contribution is 2.43. The van der Waals surface area contributed by atoms with Crippen LogP contribution in [0.2, 0.25) is 0 Å². The number of Topliss-reactive ketones (excluding diaryl/α,β-unsaturated/α-hetero) is 1. The number of nitrogens with two attached hydrogens (primary N) is 1. The number of phosphoric acid groups is 1. The lowest BCUT2D eigenvalue weighted by atomic mass is 9.88. The van der Waals surface area contributed by atoms with Crippen LogP contribution in [0.4, 0.5) is 0 Å². The molecule has 0 saturated heterocycles. The first-order chi connectivity index (χ1) is 26.6. The summed E-state index contributed by atoms with van der Waals surface area (Å²) in [5, 5.41) is 20.7. The summed E-state index contributed by atoms with van der Waals surface area (Å²) in [7, 11) is -4.33. The van der Waals surface area contributed by atoms with Crippen molar-refractivity contribution in [2.24, 2.45) is 17.6 Å². The van der Waals surface area contributed by atoms with Gasteiger partial charge in [-0.3, -0.25) is 18.6 Å². The molecule has 0 aromatic carbocycles. The Morgan fingerprint density at radius 2 is 1.44 bits per heavy atom. The minimum atomic E-state index is -4.33. The summed E-state index contributed by atoms with van der Waals surface area (Å²) in [6.45, 7) is 3.82. The number of carbonyl (C=O) groups excluding carboxylic acids is 2. The van der Waals surface area contributed by atoms with Crippen molar-refractivity contribution >= 4 is 19.6 Å². The van der Waals surface area contributed by atoms with Crippen LogP contribution >= 0.6 is 7.82 Å². The Labute approximate surface area is 333 Å². The average molecular weight is 800 g/mol. The maximum absolute atomic E-state index is 12.5. The number of esters is 1. The smallest absolute Gasteiger partial charge is 0.472 e. The lowest BCUT2D eigenvalue weighted by Crippen LogP contribution is -2.25. The molecular weight excluding hydrogens is 721 g/mol. The van der Waals surface area contributed by atoms with Crippen molar-refractivity contribution < 1.29 is 47.8 Å². The van der Waals surface area contributed by atoms with Gasteiger partial charge in [0.2, 0.25) is 0 Å². The molecular formula is C43H78NO10P. The fraction of sp³-hybridized carbons (Fsp3) is 0.814. The van der Waals surface area contributed by atoms with Gasteiger partial charge in [0.15, 0.2) is 6.10 Å². The van der Waals surface area contributed by atoms with Crippen LogP contribution in [0, 0.1) is 11.8 Å². The largest absolute Gasteiger partial charge is 0.492 e. The number of aliphatic hydroxyl groups is 2. The number of ketones is 1. The van der Waals surface area contributed by atoms with Crippen molar-refractivity contribution in [1.29, 1.82) is 0 Å². The summed E-state index contributed by atoms with van der Waals surface area (Å²) in [6.07, 6.45) is 33.0. The molecule has 0 aromatic rings. The topological polar surface area (TPSA) is 175 Å². The first-order valence-corrected chi connectivity index (χ1v) is 23.1. The van der Waals surface area contributed by atoms with Crippen LogP contribution in [0.5, 0.6) is 0 Å². The van der Waals surface area contributed by atoms with Gasteiger partial charge >= 0.3 is 13.8 Å². The third kappa shape index (κ3) is 28.2. The van der Waals surface area contributed by atoms with E-state index in [2.05, 4.69) is 26.0 Å². The van der Waals surface area contributed by atoms with Crippen LogP contribution in [-0.4, -0.2) is 71.5 Å². The first-order valence-electron chi connectivity index (χ1n) is 21.6. The number of ether oxygens (including phenoxy) is 2. The lowest BCUT2D eigenvalue weighted by Gasteiger charge is -2.19. The molecule has 0 bridgehead atoms. The molecule has 12 heteroatoms. The Kier molecular flexibility index (Phi) is 31.8. The van der Waals surface area contributed by atoms with Crippen molar-refractivity contribution in [3.63, 3.8) is 0 Å². The maximum Gasteiger partial charge on any atom is 0.472 e. The average Bonchev–Trinajstić information content (AvgIpc) is 3.43. The zero-order valence-corrected chi connectivity index (χ0v) is 35.3. The molecule has 0 spiro atoms. The molecule has 55 heavy (non-hydrogen) atoms. The minimum Gasteiger partial charge on any atom is -0.492 e. The van der Waals surface area contributed by atoms with E-state index in [0.717, 1.165) is 57.8 Å². The van der Waals surface area contributed by atoms with E-state index in [-0.39, 0.29) is 56.8 Å². The Hall–Kier alpha value is -1.85. The first kappa shape index (κ1) is 51.2. The predicted octanol–water partition coefficient (Wildman–Crippen LogP) is 9.57. The number of unbranched alkanes of at least 4 members (excludes halogenated alkanes) is 16. The molecule has 5 N–H and O–H groups in total. The summed E-state index contributed by atoms with van der Waals surface area (Å²) in [5.41, 5.74) is 5.36. The standard InChI is InChI=1S/C43H78NO10P/c1-3-5-7-8-9-10-11-12-13-14-15-16-17-18-21-25-32-51-38(36-54-55(49,50)53-33-31-44)35-52-43(48)28-24-20-19-23-27-39-40(42(47)34-41(39)46)30-29-37(45)26-22-6-4-2/h10-11,25,29-30,32,37-41,45-46H,3-9,12-24,26-28,31,33-36,44H2,1-2H3,(H,49,50)/b11-10-,30-29+,32-25+/t37-,38+,39+,40+,41-/m0/s1. The van der Waals surface area contributed by atoms with Crippen molar-refractivity contribution in [3.05, 3.63) is 36.6 Å². The molecule has 0 aromatic heterocycles. The van der Waals surface area contributed by atoms with Gasteiger partial charge in [-0.15, -0.1) is 0 Å². The zero-order chi connectivity index (χ0) is 40.4. The molecule has 0 heterocycles. The van der Waals surface area contributed by atoms with Gasteiger partial charge in [0.05, 0.1) is 31.7 Å². The van der Waals surface area contributed by atoms with E-state index in [4.69, 9.17) is 24.3 Å². The maximum atomic E-state index is 12.5. The van der Waals surface area contributed by atoms with Gasteiger partial charge in [-0.25, -0.2) is 4.57 Å². The highest BCUT2D eigenvalue weighted by molar-refractivity contribution is 7.47.